The van der Waals surface area contributed by atoms with Gasteiger partial charge in [0.1, 0.15) is 6.04 Å². The van der Waals surface area contributed by atoms with E-state index in [2.05, 4.69) is 4.72 Å². The highest BCUT2D eigenvalue weighted by Gasteiger charge is 2.32. The fraction of sp³-hybridized carbons (Fsp3) is 0.909. The minimum atomic E-state index is -3.58. The Labute approximate surface area is 110 Å². The van der Waals surface area contributed by atoms with Crippen LogP contribution in [-0.4, -0.2) is 56.8 Å². The normalized spacial score (nSPS) is 18.7. The first-order valence-corrected chi connectivity index (χ1v) is 7.68. The third-order valence-electron chi connectivity index (χ3n) is 3.11. The Bertz CT molecular complexity index is 386. The van der Waals surface area contributed by atoms with Gasteiger partial charge in [-0.05, 0) is 18.8 Å². The Morgan fingerprint density at radius 3 is 2.11 bits per heavy atom. The highest BCUT2D eigenvalue weighted by Crippen LogP contribution is 2.14. The fourth-order valence-corrected chi connectivity index (χ4v) is 2.78. The van der Waals surface area contributed by atoms with Gasteiger partial charge in [-0.3, -0.25) is 4.79 Å². The van der Waals surface area contributed by atoms with Gasteiger partial charge < -0.3 is 4.90 Å². The van der Waals surface area contributed by atoms with Crippen molar-refractivity contribution in [3.63, 3.8) is 0 Å². The summed E-state index contributed by atoms with van der Waals surface area (Å²) < 4.78 is 27.2. The molecule has 0 aromatic heterocycles. The maximum Gasteiger partial charge on any atom is 0.279 e. The van der Waals surface area contributed by atoms with Gasteiger partial charge in [-0.1, -0.05) is 13.8 Å². The van der Waals surface area contributed by atoms with Crippen LogP contribution in [0, 0.1) is 5.92 Å². The van der Waals surface area contributed by atoms with Crippen LogP contribution >= 0.6 is 0 Å². The lowest BCUT2D eigenvalue weighted by atomic mass is 10.0. The molecule has 1 N–H and O–H groups in total. The summed E-state index contributed by atoms with van der Waals surface area (Å²) >= 11 is 0. The molecule has 0 aliphatic carbocycles. The van der Waals surface area contributed by atoms with Crippen LogP contribution in [0.1, 0.15) is 26.7 Å². The van der Waals surface area contributed by atoms with E-state index in [1.165, 1.54) is 14.1 Å². The molecule has 106 valence electrons. The first-order valence-electron chi connectivity index (χ1n) is 6.24. The van der Waals surface area contributed by atoms with Crippen molar-refractivity contribution in [1.82, 2.24) is 13.9 Å². The average Bonchev–Trinajstić information content (AvgIpc) is 2.77. The lowest BCUT2D eigenvalue weighted by molar-refractivity contribution is -0.132. The van der Waals surface area contributed by atoms with Crippen LogP contribution in [0.4, 0.5) is 0 Å². The van der Waals surface area contributed by atoms with Crippen molar-refractivity contribution in [3.8, 4) is 0 Å². The van der Waals surface area contributed by atoms with Gasteiger partial charge >= 0.3 is 0 Å². The second kappa shape index (κ2) is 5.99. The summed E-state index contributed by atoms with van der Waals surface area (Å²) in [6.07, 6.45) is 1.99. The quantitative estimate of drug-likeness (QED) is 0.771. The topological polar surface area (TPSA) is 69.7 Å². The van der Waals surface area contributed by atoms with Crippen LogP contribution in [0.2, 0.25) is 0 Å². The number of nitrogens with zero attached hydrogens (tertiary/aromatic N) is 2. The van der Waals surface area contributed by atoms with Crippen molar-refractivity contribution in [2.24, 2.45) is 5.92 Å². The molecule has 1 saturated heterocycles. The van der Waals surface area contributed by atoms with Crippen LogP contribution in [0.25, 0.3) is 0 Å². The van der Waals surface area contributed by atoms with Crippen molar-refractivity contribution < 1.29 is 13.2 Å². The summed E-state index contributed by atoms with van der Waals surface area (Å²) in [6.45, 7) is 5.14. The molecule has 6 nitrogen and oxygen atoms in total. The summed E-state index contributed by atoms with van der Waals surface area (Å²) in [4.78, 5) is 14.0. The van der Waals surface area contributed by atoms with E-state index in [0.29, 0.717) is 0 Å². The van der Waals surface area contributed by atoms with Crippen LogP contribution in [0.15, 0.2) is 0 Å². The molecule has 18 heavy (non-hydrogen) atoms. The summed E-state index contributed by atoms with van der Waals surface area (Å²) in [5.74, 6) is -0.194. The number of carbonyl (C=O) groups excluding carboxylic acids is 1. The van der Waals surface area contributed by atoms with Crippen molar-refractivity contribution in [2.45, 2.75) is 32.7 Å². The van der Waals surface area contributed by atoms with Gasteiger partial charge in [-0.15, -0.1) is 0 Å². The van der Waals surface area contributed by atoms with Gasteiger partial charge in [0.2, 0.25) is 5.91 Å². The second-order valence-electron chi connectivity index (χ2n) is 5.16. The molecule has 1 atom stereocenters. The Hall–Kier alpha value is -0.660. The van der Waals surface area contributed by atoms with E-state index in [1.807, 2.05) is 13.8 Å². The van der Waals surface area contributed by atoms with E-state index >= 15 is 0 Å². The zero-order valence-electron chi connectivity index (χ0n) is 11.5. The number of hydrogen-bond acceptors (Lipinski definition) is 3. The van der Waals surface area contributed by atoms with Crippen molar-refractivity contribution in [2.75, 3.05) is 27.2 Å². The number of hydrogen-bond donors (Lipinski definition) is 1. The number of amides is 1. The van der Waals surface area contributed by atoms with Gasteiger partial charge in [0, 0.05) is 27.2 Å². The summed E-state index contributed by atoms with van der Waals surface area (Å²) in [5, 5.41) is 0. The first-order chi connectivity index (χ1) is 8.25. The predicted molar refractivity (Wildman–Crippen MR) is 70.2 cm³/mol. The number of carbonyl (C=O) groups is 1. The van der Waals surface area contributed by atoms with Crippen LogP contribution in [-0.2, 0) is 15.0 Å². The molecule has 1 heterocycles. The lowest BCUT2D eigenvalue weighted by Gasteiger charge is -2.27. The Balaban J connectivity index is 2.80. The van der Waals surface area contributed by atoms with Gasteiger partial charge in [0.05, 0.1) is 0 Å². The fourth-order valence-electron chi connectivity index (χ4n) is 1.87. The van der Waals surface area contributed by atoms with E-state index < -0.39 is 16.3 Å². The molecular formula is C11H23N3O3S. The van der Waals surface area contributed by atoms with Gasteiger partial charge in [-0.25, -0.2) is 0 Å². The standard InChI is InChI=1S/C11H23N3O3S/c1-9(2)10(12-18(16,17)13(3)4)11(15)14-7-5-6-8-14/h9-10,12H,5-8H2,1-4H3/t10-/m0/s1. The summed E-state index contributed by atoms with van der Waals surface area (Å²) in [5.41, 5.74) is 0. The van der Waals surface area contributed by atoms with Gasteiger partial charge in [-0.2, -0.15) is 17.4 Å². The van der Waals surface area contributed by atoms with Gasteiger partial charge in [0.15, 0.2) is 0 Å². The molecule has 0 unspecified atom stereocenters. The van der Waals surface area contributed by atoms with E-state index in [9.17, 15) is 13.2 Å². The van der Waals surface area contributed by atoms with Crippen molar-refractivity contribution in [1.29, 1.82) is 0 Å². The highest BCUT2D eigenvalue weighted by molar-refractivity contribution is 7.87. The monoisotopic (exact) mass is 277 g/mol. The first kappa shape index (κ1) is 15.4. The average molecular weight is 277 g/mol. The van der Waals surface area contributed by atoms with Gasteiger partial charge in [0.25, 0.3) is 10.2 Å². The molecule has 1 aliphatic rings. The highest BCUT2D eigenvalue weighted by atomic mass is 32.2. The Morgan fingerprint density at radius 2 is 1.72 bits per heavy atom. The van der Waals surface area contributed by atoms with Crippen molar-refractivity contribution in [3.05, 3.63) is 0 Å². The number of rotatable bonds is 5. The zero-order chi connectivity index (χ0) is 13.9. The molecule has 0 aromatic rings. The molecule has 1 fully saturated rings. The third-order valence-corrected chi connectivity index (χ3v) is 4.62. The second-order valence-corrected chi connectivity index (χ2v) is 7.08. The number of nitrogens with one attached hydrogen (secondary N) is 1. The maximum absolute atomic E-state index is 12.3. The third kappa shape index (κ3) is 3.66. The molecule has 0 radical (unpaired) electrons. The van der Waals surface area contributed by atoms with Crippen molar-refractivity contribution >= 4 is 16.1 Å². The number of likely N-dealkylation sites (tertiary alicyclic amines) is 1. The maximum atomic E-state index is 12.3. The SMILES string of the molecule is CC(C)[C@H](NS(=O)(=O)N(C)C)C(=O)N1CCCC1. The molecule has 0 aromatic carbocycles. The molecule has 7 heteroatoms. The molecule has 1 rings (SSSR count). The van der Waals surface area contributed by atoms with Crippen LogP contribution in [0.3, 0.4) is 0 Å². The lowest BCUT2D eigenvalue weighted by Crippen LogP contribution is -2.52. The van der Waals surface area contributed by atoms with E-state index in [0.717, 1.165) is 30.2 Å². The van der Waals surface area contributed by atoms with E-state index in [4.69, 9.17) is 0 Å². The minimum Gasteiger partial charge on any atom is -0.341 e. The molecule has 0 bridgehead atoms. The molecule has 0 spiro atoms. The molecule has 1 aliphatic heterocycles. The molecule has 1 amide bonds. The minimum absolute atomic E-state index is 0.0761. The van der Waals surface area contributed by atoms with Crippen LogP contribution in [0.5, 0.6) is 0 Å². The smallest absolute Gasteiger partial charge is 0.279 e. The molecular weight excluding hydrogens is 254 g/mol. The van der Waals surface area contributed by atoms with E-state index in [1.54, 1.807) is 4.90 Å². The van der Waals surface area contributed by atoms with Crippen LogP contribution < -0.4 is 4.72 Å². The van der Waals surface area contributed by atoms with E-state index in [-0.39, 0.29) is 11.8 Å². The molecule has 0 saturated carbocycles. The summed E-state index contributed by atoms with van der Waals surface area (Å²) in [7, 11) is -0.692. The zero-order valence-corrected chi connectivity index (χ0v) is 12.3. The Morgan fingerprint density at radius 1 is 1.22 bits per heavy atom. The Kier molecular flexibility index (Phi) is 5.12. The largest absolute Gasteiger partial charge is 0.341 e. The predicted octanol–water partition coefficient (Wildman–Crippen LogP) is 0.0294. The summed E-state index contributed by atoms with van der Waals surface area (Å²) in [6, 6.07) is -0.685.